The molecule has 0 radical (unpaired) electrons. The van der Waals surface area contributed by atoms with Crippen LogP contribution in [0.25, 0.3) is 44.7 Å². The number of pyridine rings is 2. The molecule has 0 saturated carbocycles. The van der Waals surface area contributed by atoms with E-state index in [0.717, 1.165) is 37.4 Å². The SMILES string of the molecule is CN1CCN(c2ccnc3nc(-c4n[nH]c5ccc(-c6cncc(NC(=O)c7ccccc7)c6)c(F)c45)[nH]c23)CC1. The van der Waals surface area contributed by atoms with E-state index in [0.29, 0.717) is 50.4 Å². The fraction of sp³-hybridized carbons (Fsp3) is 0.167. The highest BCUT2D eigenvalue weighted by Gasteiger charge is 2.22. The second-order valence-electron chi connectivity index (χ2n) is 10.1. The summed E-state index contributed by atoms with van der Waals surface area (Å²) in [6.07, 6.45) is 4.84. The maximum atomic E-state index is 16.2. The van der Waals surface area contributed by atoms with Crippen molar-refractivity contribution in [1.29, 1.82) is 0 Å². The van der Waals surface area contributed by atoms with Crippen LogP contribution < -0.4 is 10.2 Å². The van der Waals surface area contributed by atoms with Gasteiger partial charge in [-0.1, -0.05) is 18.2 Å². The molecule has 11 heteroatoms. The number of hydrogen-bond donors (Lipinski definition) is 3. The van der Waals surface area contributed by atoms with Crippen LogP contribution in [-0.2, 0) is 0 Å². The van der Waals surface area contributed by atoms with Crippen LogP contribution in [0.5, 0.6) is 0 Å². The van der Waals surface area contributed by atoms with Crippen molar-refractivity contribution in [2.75, 3.05) is 43.4 Å². The van der Waals surface area contributed by atoms with Crippen LogP contribution in [0, 0.1) is 5.82 Å². The quantitative estimate of drug-likeness (QED) is 0.286. The number of carbonyl (C=O) groups is 1. The van der Waals surface area contributed by atoms with Crippen molar-refractivity contribution in [1.82, 2.24) is 35.0 Å². The lowest BCUT2D eigenvalue weighted by Crippen LogP contribution is -2.44. The number of hydrogen-bond acceptors (Lipinski definition) is 7. The molecule has 5 heterocycles. The summed E-state index contributed by atoms with van der Waals surface area (Å²) in [4.78, 5) is 34.0. The lowest BCUT2D eigenvalue weighted by atomic mass is 10.0. The Hall–Kier alpha value is -5.16. The van der Waals surface area contributed by atoms with E-state index in [1.54, 1.807) is 54.9 Å². The third kappa shape index (κ3) is 4.55. The molecule has 0 unspecified atom stereocenters. The largest absolute Gasteiger partial charge is 0.367 e. The zero-order valence-corrected chi connectivity index (χ0v) is 22.2. The molecule has 1 amide bonds. The first kappa shape index (κ1) is 24.9. The van der Waals surface area contributed by atoms with Gasteiger partial charge in [-0.15, -0.1) is 0 Å². The third-order valence-electron chi connectivity index (χ3n) is 7.45. The summed E-state index contributed by atoms with van der Waals surface area (Å²) in [5.74, 6) is -0.308. The first-order valence-electron chi connectivity index (χ1n) is 13.3. The topological polar surface area (TPSA) is 119 Å². The number of aromatic amines is 2. The van der Waals surface area contributed by atoms with Crippen molar-refractivity contribution in [3.05, 3.63) is 84.6 Å². The number of fused-ring (bicyclic) bond motifs is 2. The minimum atomic E-state index is -0.465. The van der Waals surface area contributed by atoms with Crippen LogP contribution >= 0.6 is 0 Å². The standard InChI is InChI=1S/C30H26FN9O/c1-39-11-13-40(14-12-39)23-9-10-33-28-26(23)35-29(36-28)27-24-22(37-38-27)8-7-21(25(24)31)19-15-20(17-32-16-19)34-30(41)18-5-3-2-4-6-18/h2-10,15-17H,11-14H2,1H3,(H,34,41)(H,37,38)(H,33,35,36). The maximum absolute atomic E-state index is 16.2. The minimum absolute atomic E-state index is 0.271. The Morgan fingerprint density at radius 1 is 1.02 bits per heavy atom. The molecule has 1 fully saturated rings. The van der Waals surface area contributed by atoms with Crippen LogP contribution in [0.4, 0.5) is 15.8 Å². The van der Waals surface area contributed by atoms with Gasteiger partial charge in [-0.25, -0.2) is 14.4 Å². The summed E-state index contributed by atoms with van der Waals surface area (Å²) in [6, 6.07) is 16.0. The lowest BCUT2D eigenvalue weighted by Gasteiger charge is -2.34. The molecule has 41 heavy (non-hydrogen) atoms. The monoisotopic (exact) mass is 547 g/mol. The van der Waals surface area contributed by atoms with Gasteiger partial charge in [-0.2, -0.15) is 5.10 Å². The highest BCUT2D eigenvalue weighted by atomic mass is 19.1. The predicted octanol–water partition coefficient (Wildman–Crippen LogP) is 4.71. The molecule has 1 saturated heterocycles. The van der Waals surface area contributed by atoms with Gasteiger partial charge in [-0.05, 0) is 43.4 Å². The number of imidazole rings is 1. The molecule has 3 N–H and O–H groups in total. The number of amides is 1. The van der Waals surface area contributed by atoms with Gasteiger partial charge >= 0.3 is 0 Å². The van der Waals surface area contributed by atoms with Crippen molar-refractivity contribution in [3.63, 3.8) is 0 Å². The molecule has 1 aliphatic rings. The Labute approximate surface area is 234 Å². The van der Waals surface area contributed by atoms with E-state index in [4.69, 9.17) is 0 Å². The van der Waals surface area contributed by atoms with Gasteiger partial charge in [0.15, 0.2) is 11.5 Å². The number of benzene rings is 2. The van der Waals surface area contributed by atoms with E-state index < -0.39 is 5.82 Å². The fourth-order valence-electron chi connectivity index (χ4n) is 5.24. The van der Waals surface area contributed by atoms with E-state index in [2.05, 4.69) is 52.3 Å². The average molecular weight is 548 g/mol. The van der Waals surface area contributed by atoms with Crippen molar-refractivity contribution in [2.24, 2.45) is 0 Å². The van der Waals surface area contributed by atoms with E-state index in [1.807, 2.05) is 12.1 Å². The summed E-state index contributed by atoms with van der Waals surface area (Å²) in [5.41, 5.74) is 5.09. The smallest absolute Gasteiger partial charge is 0.255 e. The number of piperazine rings is 1. The van der Waals surface area contributed by atoms with Gasteiger partial charge < -0.3 is 20.1 Å². The third-order valence-corrected chi connectivity index (χ3v) is 7.45. The molecule has 10 nitrogen and oxygen atoms in total. The average Bonchev–Trinajstić information content (AvgIpc) is 3.63. The van der Waals surface area contributed by atoms with Gasteiger partial charge in [0.05, 0.1) is 28.5 Å². The predicted molar refractivity (Wildman–Crippen MR) is 156 cm³/mol. The molecule has 7 rings (SSSR count). The number of halogens is 1. The molecule has 1 aliphatic heterocycles. The summed E-state index contributed by atoms with van der Waals surface area (Å²) in [5, 5.41) is 10.5. The molecular weight excluding hydrogens is 521 g/mol. The van der Waals surface area contributed by atoms with E-state index in [1.165, 1.54) is 6.20 Å². The number of nitrogens with one attached hydrogen (secondary N) is 3. The molecule has 0 aliphatic carbocycles. The Morgan fingerprint density at radius 2 is 1.85 bits per heavy atom. The lowest BCUT2D eigenvalue weighted by molar-refractivity contribution is 0.102. The number of H-pyrrole nitrogens is 2. The van der Waals surface area contributed by atoms with Crippen LogP contribution in [0.15, 0.2) is 73.2 Å². The number of likely N-dealkylation sites (N-methyl/N-ethyl adjacent to an activating group) is 1. The molecule has 6 aromatic rings. The molecule has 0 atom stereocenters. The Kier molecular flexibility index (Phi) is 6.12. The van der Waals surface area contributed by atoms with E-state index >= 15 is 4.39 Å². The zero-order chi connectivity index (χ0) is 27.9. The highest BCUT2D eigenvalue weighted by molar-refractivity contribution is 6.04. The van der Waals surface area contributed by atoms with E-state index in [9.17, 15) is 4.79 Å². The van der Waals surface area contributed by atoms with Crippen molar-refractivity contribution in [2.45, 2.75) is 0 Å². The Bertz CT molecular complexity index is 1890. The summed E-state index contributed by atoms with van der Waals surface area (Å²) in [6.45, 7) is 3.72. The van der Waals surface area contributed by atoms with Gasteiger partial charge in [0.2, 0.25) is 0 Å². The number of rotatable bonds is 5. The zero-order valence-electron chi connectivity index (χ0n) is 22.2. The van der Waals surface area contributed by atoms with Gasteiger partial charge in [0.25, 0.3) is 5.91 Å². The van der Waals surface area contributed by atoms with Crippen LogP contribution in [0.3, 0.4) is 0 Å². The van der Waals surface area contributed by atoms with Gasteiger partial charge in [-0.3, -0.25) is 14.9 Å². The van der Waals surface area contributed by atoms with Crippen LogP contribution in [0.2, 0.25) is 0 Å². The number of nitrogens with zero attached hydrogens (tertiary/aromatic N) is 6. The molecule has 204 valence electrons. The van der Waals surface area contributed by atoms with Gasteiger partial charge in [0, 0.05) is 55.3 Å². The molecule has 2 aromatic carbocycles. The van der Waals surface area contributed by atoms with Crippen LogP contribution in [-0.4, -0.2) is 74.2 Å². The molecule has 4 aromatic heterocycles. The summed E-state index contributed by atoms with van der Waals surface area (Å²) >= 11 is 0. The van der Waals surface area contributed by atoms with Gasteiger partial charge in [0.1, 0.15) is 17.0 Å². The normalized spacial score (nSPS) is 14.1. The second kappa shape index (κ2) is 10.1. The first-order valence-corrected chi connectivity index (χ1v) is 13.3. The number of anilines is 2. The molecular formula is C30H26FN9O. The molecule has 0 spiro atoms. The van der Waals surface area contributed by atoms with Crippen molar-refractivity contribution < 1.29 is 9.18 Å². The Morgan fingerprint density at radius 3 is 2.68 bits per heavy atom. The maximum Gasteiger partial charge on any atom is 0.255 e. The fourth-order valence-corrected chi connectivity index (χ4v) is 5.24. The minimum Gasteiger partial charge on any atom is -0.367 e. The first-order chi connectivity index (χ1) is 20.0. The van der Waals surface area contributed by atoms with Crippen LogP contribution in [0.1, 0.15) is 10.4 Å². The summed E-state index contributed by atoms with van der Waals surface area (Å²) < 4.78 is 16.2. The number of carbonyl (C=O) groups excluding carboxylic acids is 1. The number of aromatic nitrogens is 6. The van der Waals surface area contributed by atoms with Crippen molar-refractivity contribution in [3.8, 4) is 22.6 Å². The second-order valence-corrected chi connectivity index (χ2v) is 10.1. The summed E-state index contributed by atoms with van der Waals surface area (Å²) in [7, 11) is 2.12. The highest BCUT2D eigenvalue weighted by Crippen LogP contribution is 2.35. The molecule has 0 bridgehead atoms. The van der Waals surface area contributed by atoms with Crippen molar-refractivity contribution >= 4 is 39.3 Å². The van der Waals surface area contributed by atoms with E-state index in [-0.39, 0.29) is 5.91 Å². The Balaban J connectivity index is 1.25.